The summed E-state index contributed by atoms with van der Waals surface area (Å²) in [5.74, 6) is -5.14. The van der Waals surface area contributed by atoms with Crippen LogP contribution in [0.25, 0.3) is 0 Å². The number of carbonyl (C=O) groups excluding carboxylic acids is 5. The molecule has 0 fully saturated rings. The molecule has 0 spiro atoms. The Hall–Kier alpha value is -5.32. The number of carbonyl (C=O) groups is 6. The number of Topliss-reactive ketones (excluding diaryl/α,β-unsaturated/α-hetero) is 1. The topological polar surface area (TPSA) is 171 Å². The highest BCUT2D eigenvalue weighted by Crippen LogP contribution is 2.14. The van der Waals surface area contributed by atoms with E-state index >= 15 is 0 Å². The first kappa shape index (κ1) is 33.2. The quantitative estimate of drug-likeness (QED) is 0.145. The summed E-state index contributed by atoms with van der Waals surface area (Å²) in [6.45, 7) is -1.57. The molecule has 230 valence electrons. The van der Waals surface area contributed by atoms with Crippen LogP contribution in [-0.4, -0.2) is 66.2 Å². The van der Waals surface area contributed by atoms with Crippen LogP contribution in [-0.2, 0) is 48.0 Å². The van der Waals surface area contributed by atoms with Gasteiger partial charge in [0.1, 0.15) is 24.3 Å². The van der Waals surface area contributed by atoms with E-state index in [1.54, 1.807) is 30.3 Å². The van der Waals surface area contributed by atoms with Gasteiger partial charge in [-0.15, -0.1) is 0 Å². The second kappa shape index (κ2) is 17.6. The molecule has 0 aliphatic carbocycles. The first-order chi connectivity index (χ1) is 21.2. The van der Waals surface area contributed by atoms with Crippen molar-refractivity contribution in [3.63, 3.8) is 0 Å². The van der Waals surface area contributed by atoms with Gasteiger partial charge in [0.25, 0.3) is 0 Å². The largest absolute Gasteiger partial charge is 0.480 e. The number of hydrogen-bond donors (Lipinski definition) is 5. The fourth-order valence-electron chi connectivity index (χ4n) is 4.41. The minimum atomic E-state index is -1.23. The summed E-state index contributed by atoms with van der Waals surface area (Å²) in [6, 6.07) is 26.4. The lowest BCUT2D eigenvalue weighted by Gasteiger charge is -2.20. The fraction of sp³-hybridized carbons (Fsp3) is 0.273. The maximum atomic E-state index is 13.2. The van der Waals surface area contributed by atoms with Gasteiger partial charge in [-0.25, -0.2) is 0 Å². The van der Waals surface area contributed by atoms with E-state index in [9.17, 15) is 28.8 Å². The van der Waals surface area contributed by atoms with Gasteiger partial charge in [0, 0.05) is 12.8 Å². The van der Waals surface area contributed by atoms with Gasteiger partial charge in [-0.2, -0.15) is 0 Å². The summed E-state index contributed by atoms with van der Waals surface area (Å²) in [6.07, 6.45) is 0.895. The molecular weight excluding hydrogens is 564 g/mol. The summed E-state index contributed by atoms with van der Waals surface area (Å²) in [5.41, 5.74) is 2.51. The molecule has 1 unspecified atom stereocenters. The summed E-state index contributed by atoms with van der Waals surface area (Å²) < 4.78 is 0. The Bertz CT molecular complexity index is 1420. The van der Waals surface area contributed by atoms with Crippen LogP contribution in [0.2, 0.25) is 0 Å². The van der Waals surface area contributed by atoms with E-state index in [-0.39, 0.29) is 25.0 Å². The molecule has 0 radical (unpaired) electrons. The monoisotopic (exact) mass is 600 g/mol. The maximum Gasteiger partial charge on any atom is 0.322 e. The predicted molar refractivity (Wildman–Crippen MR) is 162 cm³/mol. The minimum Gasteiger partial charge on any atom is -0.480 e. The number of carboxylic acid groups (broad SMARTS) is 1. The standard InChI is InChI=1S/C33H36N4O7/c38-28(17-16-23-10-4-1-5-11-23)26(18-24-12-6-2-7-13-24)32(43)35-21-30(40)37-27(19-25-14-8-3-9-15-25)33(44)36-20-29(39)34-22-31(41)42/h1-15,26-27H,16-22H2,(H,34,39)(H,35,43)(H,36,44)(H,37,40)(H,41,42)/t26?,27-/m0/s1. The van der Waals surface area contributed by atoms with E-state index in [0.717, 1.165) is 16.7 Å². The van der Waals surface area contributed by atoms with Crippen LogP contribution in [0.4, 0.5) is 0 Å². The van der Waals surface area contributed by atoms with Gasteiger partial charge in [-0.1, -0.05) is 91.0 Å². The smallest absolute Gasteiger partial charge is 0.322 e. The van der Waals surface area contributed by atoms with Crippen molar-refractivity contribution in [2.45, 2.75) is 31.7 Å². The second-order valence-electron chi connectivity index (χ2n) is 10.1. The Morgan fingerprint density at radius 3 is 1.64 bits per heavy atom. The van der Waals surface area contributed by atoms with Crippen LogP contribution >= 0.6 is 0 Å². The Morgan fingerprint density at radius 2 is 1.07 bits per heavy atom. The van der Waals surface area contributed by atoms with Gasteiger partial charge in [0.05, 0.1) is 13.1 Å². The normalized spacial score (nSPS) is 11.8. The molecule has 0 saturated carbocycles. The van der Waals surface area contributed by atoms with Gasteiger partial charge in [-0.05, 0) is 29.5 Å². The Kier molecular flexibility index (Phi) is 13.3. The molecular formula is C33H36N4O7. The number of aliphatic carboxylic acids is 1. The molecule has 3 aromatic carbocycles. The Balaban J connectivity index is 1.62. The van der Waals surface area contributed by atoms with Crippen LogP contribution in [0.15, 0.2) is 91.0 Å². The van der Waals surface area contributed by atoms with Gasteiger partial charge < -0.3 is 26.4 Å². The van der Waals surface area contributed by atoms with E-state index in [1.165, 1.54) is 0 Å². The zero-order valence-corrected chi connectivity index (χ0v) is 24.2. The SMILES string of the molecule is O=C(O)CNC(=O)CNC(=O)[C@H](Cc1ccccc1)NC(=O)CNC(=O)C(Cc1ccccc1)C(=O)CCc1ccccc1. The first-order valence-corrected chi connectivity index (χ1v) is 14.2. The molecule has 2 atom stereocenters. The molecule has 0 aromatic heterocycles. The van der Waals surface area contributed by atoms with Crippen LogP contribution < -0.4 is 21.3 Å². The van der Waals surface area contributed by atoms with Crippen LogP contribution in [0, 0.1) is 5.92 Å². The molecule has 11 heteroatoms. The lowest BCUT2D eigenvalue weighted by Crippen LogP contribution is -2.52. The van der Waals surface area contributed by atoms with Gasteiger partial charge in [0.15, 0.2) is 0 Å². The summed E-state index contributed by atoms with van der Waals surface area (Å²) >= 11 is 0. The number of carboxylic acids is 1. The highest BCUT2D eigenvalue weighted by atomic mass is 16.4. The lowest BCUT2D eigenvalue weighted by molar-refractivity contribution is -0.138. The Morgan fingerprint density at radius 1 is 0.568 bits per heavy atom. The third-order valence-corrected chi connectivity index (χ3v) is 6.71. The molecule has 0 heterocycles. The lowest BCUT2D eigenvalue weighted by atomic mass is 9.91. The van der Waals surface area contributed by atoms with Crippen molar-refractivity contribution in [3.05, 3.63) is 108 Å². The summed E-state index contributed by atoms with van der Waals surface area (Å²) in [7, 11) is 0. The molecule has 3 rings (SSSR count). The van der Waals surface area contributed by atoms with Crippen molar-refractivity contribution in [2.75, 3.05) is 19.6 Å². The minimum absolute atomic E-state index is 0.0949. The number of amides is 4. The molecule has 4 amide bonds. The Labute approximate surface area is 255 Å². The summed E-state index contributed by atoms with van der Waals surface area (Å²) in [5, 5.41) is 18.4. The van der Waals surface area contributed by atoms with E-state index in [4.69, 9.17) is 5.11 Å². The highest BCUT2D eigenvalue weighted by Gasteiger charge is 2.28. The average Bonchev–Trinajstić information content (AvgIpc) is 3.04. The van der Waals surface area contributed by atoms with Crippen molar-refractivity contribution in [2.24, 2.45) is 5.92 Å². The van der Waals surface area contributed by atoms with E-state index in [0.29, 0.717) is 6.42 Å². The van der Waals surface area contributed by atoms with Crippen molar-refractivity contribution in [1.29, 1.82) is 0 Å². The third-order valence-electron chi connectivity index (χ3n) is 6.71. The van der Waals surface area contributed by atoms with Crippen LogP contribution in [0.1, 0.15) is 23.1 Å². The zero-order valence-electron chi connectivity index (χ0n) is 24.2. The average molecular weight is 601 g/mol. The highest BCUT2D eigenvalue weighted by molar-refractivity contribution is 6.02. The molecule has 11 nitrogen and oxygen atoms in total. The first-order valence-electron chi connectivity index (χ1n) is 14.2. The molecule has 44 heavy (non-hydrogen) atoms. The number of ketones is 1. The molecule has 3 aromatic rings. The molecule has 0 saturated heterocycles. The fourth-order valence-corrected chi connectivity index (χ4v) is 4.41. The van der Waals surface area contributed by atoms with Crippen molar-refractivity contribution in [1.82, 2.24) is 21.3 Å². The van der Waals surface area contributed by atoms with Crippen molar-refractivity contribution < 1.29 is 33.9 Å². The molecule has 5 N–H and O–H groups in total. The predicted octanol–water partition coefficient (Wildman–Crippen LogP) is 1.21. The number of aryl methyl sites for hydroxylation is 1. The van der Waals surface area contributed by atoms with Crippen molar-refractivity contribution in [3.8, 4) is 0 Å². The van der Waals surface area contributed by atoms with Gasteiger partial charge in [-0.3, -0.25) is 28.8 Å². The van der Waals surface area contributed by atoms with E-state index < -0.39 is 61.2 Å². The zero-order chi connectivity index (χ0) is 31.7. The number of benzene rings is 3. The number of hydrogen-bond acceptors (Lipinski definition) is 6. The number of nitrogens with one attached hydrogen (secondary N) is 4. The van der Waals surface area contributed by atoms with E-state index in [1.807, 2.05) is 60.7 Å². The van der Waals surface area contributed by atoms with Crippen LogP contribution in [0.3, 0.4) is 0 Å². The van der Waals surface area contributed by atoms with Gasteiger partial charge >= 0.3 is 5.97 Å². The van der Waals surface area contributed by atoms with Crippen LogP contribution in [0.5, 0.6) is 0 Å². The summed E-state index contributed by atoms with van der Waals surface area (Å²) in [4.78, 5) is 74.7. The van der Waals surface area contributed by atoms with E-state index in [2.05, 4.69) is 21.3 Å². The second-order valence-corrected chi connectivity index (χ2v) is 10.1. The number of rotatable bonds is 17. The molecule has 0 aliphatic heterocycles. The maximum absolute atomic E-state index is 13.2. The molecule has 0 bridgehead atoms. The third kappa shape index (κ3) is 11.9. The van der Waals surface area contributed by atoms with Crippen molar-refractivity contribution >= 4 is 35.4 Å². The van der Waals surface area contributed by atoms with Gasteiger partial charge in [0.2, 0.25) is 23.6 Å². The molecule has 0 aliphatic rings.